The van der Waals surface area contributed by atoms with E-state index < -0.39 is 0 Å². The zero-order chi connectivity index (χ0) is 61.8. The van der Waals surface area contributed by atoms with Crippen molar-refractivity contribution in [3.63, 3.8) is 0 Å². The quantitative estimate of drug-likeness (QED) is 0.155. The van der Waals surface area contributed by atoms with Crippen molar-refractivity contribution in [1.82, 2.24) is 4.57 Å². The lowest BCUT2D eigenvalue weighted by Crippen LogP contribution is -2.63. The van der Waals surface area contributed by atoms with Crippen molar-refractivity contribution < 1.29 is 9.47 Å². The number of benzene rings is 12. The van der Waals surface area contributed by atoms with Crippen molar-refractivity contribution >= 4 is 102 Å². The molecule has 0 N–H and O–H groups in total. The molecule has 5 heterocycles. The predicted octanol–water partition coefficient (Wildman–Crippen LogP) is 18.5. The van der Waals surface area contributed by atoms with Crippen LogP contribution in [-0.4, -0.2) is 18.0 Å². The fourth-order valence-corrected chi connectivity index (χ4v) is 15.2. The van der Waals surface area contributed by atoms with Gasteiger partial charge in [-0.2, -0.15) is 0 Å². The molecule has 4 aliphatic rings. The molecular weight excluding hydrogens is 1100 g/mol. The molecule has 1 aromatic heterocycles. The molecule has 13 aromatic rings. The van der Waals surface area contributed by atoms with Gasteiger partial charge in [0.25, 0.3) is 13.4 Å². The molecular formula is C84H69B2N3O2. The molecule has 438 valence electrons. The van der Waals surface area contributed by atoms with Crippen molar-refractivity contribution in [2.45, 2.75) is 78.6 Å². The Morgan fingerprint density at radius 1 is 0.297 bits per heavy atom. The molecule has 0 bridgehead atoms. The van der Waals surface area contributed by atoms with E-state index >= 15 is 0 Å². The van der Waals surface area contributed by atoms with Gasteiger partial charge in [-0.15, -0.1) is 0 Å². The minimum atomic E-state index is -0.240. The van der Waals surface area contributed by atoms with Crippen LogP contribution in [0.4, 0.5) is 34.1 Å². The molecule has 0 amide bonds. The maximum absolute atomic E-state index is 7.83. The third-order valence-corrected chi connectivity index (χ3v) is 19.7. The third-order valence-electron chi connectivity index (χ3n) is 19.7. The molecule has 0 atom stereocenters. The second kappa shape index (κ2) is 20.1. The average molecular weight is 1170 g/mol. The van der Waals surface area contributed by atoms with Crippen molar-refractivity contribution in [3.8, 4) is 62.1 Å². The van der Waals surface area contributed by atoms with E-state index in [1.54, 1.807) is 0 Å². The van der Waals surface area contributed by atoms with Crippen molar-refractivity contribution in [1.29, 1.82) is 0 Å². The molecule has 12 aromatic carbocycles. The van der Waals surface area contributed by atoms with E-state index in [0.717, 1.165) is 118 Å². The van der Waals surface area contributed by atoms with Crippen LogP contribution in [0.15, 0.2) is 255 Å². The fraction of sp³-hybridized carbons (Fsp3) is 0.143. The monoisotopic (exact) mass is 1170 g/mol. The van der Waals surface area contributed by atoms with Crippen LogP contribution in [0.1, 0.15) is 79.0 Å². The van der Waals surface area contributed by atoms with Crippen molar-refractivity contribution in [2.75, 3.05) is 9.80 Å². The summed E-state index contributed by atoms with van der Waals surface area (Å²) in [5.41, 5.74) is 27.2. The summed E-state index contributed by atoms with van der Waals surface area (Å²) in [5, 5.41) is 2.50. The molecule has 0 spiro atoms. The highest BCUT2D eigenvalue weighted by molar-refractivity contribution is 7.02. The van der Waals surface area contributed by atoms with Gasteiger partial charge in [-0.05, 0) is 149 Å². The number of ether oxygens (including phenoxy) is 2. The lowest BCUT2D eigenvalue weighted by Gasteiger charge is -2.44. The largest absolute Gasteiger partial charge is 0.458 e. The van der Waals surface area contributed by atoms with E-state index in [1.807, 2.05) is 0 Å². The summed E-state index contributed by atoms with van der Waals surface area (Å²) in [7, 11) is 0. The van der Waals surface area contributed by atoms with Gasteiger partial charge in [0, 0.05) is 62.0 Å². The number of rotatable bonds is 6. The minimum Gasteiger partial charge on any atom is -0.458 e. The van der Waals surface area contributed by atoms with Crippen LogP contribution in [0.25, 0.3) is 60.9 Å². The summed E-state index contributed by atoms with van der Waals surface area (Å²) in [6, 6.07) is 95.1. The fourth-order valence-electron chi connectivity index (χ4n) is 15.2. The van der Waals surface area contributed by atoms with Crippen LogP contribution in [0.5, 0.6) is 23.0 Å². The van der Waals surface area contributed by atoms with Crippen LogP contribution in [-0.2, 0) is 16.2 Å². The Hall–Kier alpha value is -10.2. The van der Waals surface area contributed by atoms with Gasteiger partial charge in [0.05, 0.1) is 22.4 Å². The standard InChI is InChI=1S/C84H69B2N3O2/c1-82(2,3)55-40-43-70-63(44-55)62-33-20-23-38-69(62)87(70)58-41-42-64-71(49-58)88(68-37-22-19-32-59(68)52-26-13-10-14-27-52)73-45-56(83(4,5)6)48-78-79(73)85(64)67-50-66-72(51-76(67)91-78)89(81-60(53-28-15-11-16-29-53)34-25-35-61(81)54-30-17-12-18-31-54)74-46-57(84(7,8)9)47-77-80(74)86(66)65-36-21-24-39-75(65)90-77/h10-51H,1-9H3. The number of hydrogen-bond acceptors (Lipinski definition) is 4. The highest BCUT2D eigenvalue weighted by atomic mass is 16.5. The van der Waals surface area contributed by atoms with Gasteiger partial charge in [0.1, 0.15) is 23.0 Å². The highest BCUT2D eigenvalue weighted by Crippen LogP contribution is 2.53. The maximum Gasteiger partial charge on any atom is 0.256 e. The molecule has 0 saturated carbocycles. The summed E-state index contributed by atoms with van der Waals surface area (Å²) in [6.45, 7) is 20.4. The molecule has 0 fully saturated rings. The Morgan fingerprint density at radius 2 is 0.813 bits per heavy atom. The molecule has 91 heavy (non-hydrogen) atoms. The van der Waals surface area contributed by atoms with Crippen LogP contribution >= 0.6 is 0 Å². The summed E-state index contributed by atoms with van der Waals surface area (Å²) < 4.78 is 17.6. The zero-order valence-electron chi connectivity index (χ0n) is 53.1. The van der Waals surface area contributed by atoms with Gasteiger partial charge in [0.15, 0.2) is 0 Å². The Bertz CT molecular complexity index is 5090. The van der Waals surface area contributed by atoms with Crippen LogP contribution in [0.3, 0.4) is 0 Å². The topological polar surface area (TPSA) is 29.9 Å². The zero-order valence-corrected chi connectivity index (χ0v) is 53.1. The highest BCUT2D eigenvalue weighted by Gasteiger charge is 2.48. The Kier molecular flexibility index (Phi) is 12.1. The van der Waals surface area contributed by atoms with Gasteiger partial charge in [0.2, 0.25) is 0 Å². The first-order valence-electron chi connectivity index (χ1n) is 32.2. The van der Waals surface area contributed by atoms with Gasteiger partial charge >= 0.3 is 0 Å². The summed E-state index contributed by atoms with van der Waals surface area (Å²) in [6.07, 6.45) is 0. The smallest absolute Gasteiger partial charge is 0.256 e. The minimum absolute atomic E-state index is 0.0150. The maximum atomic E-state index is 7.83. The van der Waals surface area contributed by atoms with Gasteiger partial charge in [-0.1, -0.05) is 244 Å². The average Bonchev–Trinajstić information content (AvgIpc) is 1.07. The van der Waals surface area contributed by atoms with Gasteiger partial charge < -0.3 is 23.8 Å². The summed E-state index contributed by atoms with van der Waals surface area (Å²) in [4.78, 5) is 5.15. The predicted molar refractivity (Wildman–Crippen MR) is 385 cm³/mol. The van der Waals surface area contributed by atoms with Gasteiger partial charge in [-0.25, -0.2) is 0 Å². The number of hydrogen-bond donors (Lipinski definition) is 0. The van der Waals surface area contributed by atoms with E-state index in [1.165, 1.54) is 49.4 Å². The van der Waals surface area contributed by atoms with E-state index in [2.05, 4.69) is 331 Å². The van der Waals surface area contributed by atoms with Crippen LogP contribution < -0.4 is 52.1 Å². The number of fused-ring (bicyclic) bond motifs is 11. The molecule has 7 heteroatoms. The number of aromatic nitrogens is 1. The molecule has 0 radical (unpaired) electrons. The number of nitrogens with zero attached hydrogens (tertiary/aromatic N) is 3. The first-order chi connectivity index (χ1) is 44.0. The SMILES string of the molecule is CC(C)(C)c1cc2c3c(c1)N(c1ccccc1-c1ccccc1)c1cc(-n4c5ccccc5c5cc(C(C)(C)C)ccc54)ccc1B3c1cc3c(cc1O2)N(c1c(-c2ccccc2)cccc1-c1ccccc1)c1cc(C(C)(C)C)cc2c1B3c1ccccc1O2. The summed E-state index contributed by atoms with van der Waals surface area (Å²) in [5.74, 6) is 3.49. The van der Waals surface area contributed by atoms with Gasteiger partial charge in [-0.3, -0.25) is 0 Å². The lowest BCUT2D eigenvalue weighted by atomic mass is 9.31. The first kappa shape index (κ1) is 54.9. The lowest BCUT2D eigenvalue weighted by molar-refractivity contribution is 0.482. The van der Waals surface area contributed by atoms with E-state index in [-0.39, 0.29) is 29.7 Å². The molecule has 0 unspecified atom stereocenters. The Labute approximate surface area is 535 Å². The molecule has 0 aliphatic carbocycles. The number of para-hydroxylation sites is 4. The Morgan fingerprint density at radius 3 is 1.46 bits per heavy atom. The first-order valence-corrected chi connectivity index (χ1v) is 32.2. The molecule has 0 saturated heterocycles. The molecule has 5 nitrogen and oxygen atoms in total. The van der Waals surface area contributed by atoms with Crippen LogP contribution in [0.2, 0.25) is 0 Å². The van der Waals surface area contributed by atoms with Crippen molar-refractivity contribution in [3.05, 3.63) is 271 Å². The van der Waals surface area contributed by atoms with E-state index in [4.69, 9.17) is 9.47 Å². The van der Waals surface area contributed by atoms with Crippen LogP contribution in [0, 0.1) is 0 Å². The normalized spacial score (nSPS) is 13.6. The number of anilines is 6. The van der Waals surface area contributed by atoms with Crippen molar-refractivity contribution in [2.24, 2.45) is 0 Å². The second-order valence-electron chi connectivity index (χ2n) is 28.4. The third kappa shape index (κ3) is 8.61. The molecule has 17 rings (SSSR count). The van der Waals surface area contributed by atoms with E-state index in [0.29, 0.717) is 0 Å². The molecule has 4 aliphatic heterocycles. The Balaban J connectivity index is 0.982. The summed E-state index contributed by atoms with van der Waals surface area (Å²) >= 11 is 0. The van der Waals surface area contributed by atoms with E-state index in [9.17, 15) is 0 Å². The second-order valence-corrected chi connectivity index (χ2v) is 28.4.